The molecule has 2 aromatic rings. The summed E-state index contributed by atoms with van der Waals surface area (Å²) in [4.78, 5) is 14.6. The molecule has 28 heavy (non-hydrogen) atoms. The van der Waals surface area contributed by atoms with Gasteiger partial charge in [-0.25, -0.2) is 0 Å². The van der Waals surface area contributed by atoms with E-state index in [2.05, 4.69) is 58.6 Å². The van der Waals surface area contributed by atoms with E-state index in [0.29, 0.717) is 30.8 Å². The third-order valence-corrected chi connectivity index (χ3v) is 5.29. The average molecular weight is 386 g/mol. The molecule has 0 aliphatic carbocycles. The van der Waals surface area contributed by atoms with Crippen molar-refractivity contribution in [3.8, 4) is 0 Å². The van der Waals surface area contributed by atoms with Gasteiger partial charge in [-0.2, -0.15) is 0 Å². The van der Waals surface area contributed by atoms with Crippen molar-refractivity contribution in [2.24, 2.45) is 0 Å². The van der Waals surface area contributed by atoms with Crippen LogP contribution in [0.4, 0.5) is 0 Å². The SMILES string of the molecule is COCCNC(=O)c1cn(CC2CCCN2Cc2ccc(C(C)C)cc2)nn1. The Morgan fingerprint density at radius 1 is 1.32 bits per heavy atom. The third-order valence-electron chi connectivity index (χ3n) is 5.29. The minimum atomic E-state index is -0.211. The highest BCUT2D eigenvalue weighted by Crippen LogP contribution is 2.22. The van der Waals surface area contributed by atoms with Gasteiger partial charge in [-0.1, -0.05) is 43.3 Å². The first-order valence-electron chi connectivity index (χ1n) is 10.1. The lowest BCUT2D eigenvalue weighted by molar-refractivity contribution is 0.0932. The van der Waals surface area contributed by atoms with Crippen LogP contribution in [0.5, 0.6) is 0 Å². The summed E-state index contributed by atoms with van der Waals surface area (Å²) in [5.74, 6) is 0.346. The monoisotopic (exact) mass is 385 g/mol. The topological polar surface area (TPSA) is 72.3 Å². The molecule has 1 unspecified atom stereocenters. The van der Waals surface area contributed by atoms with Gasteiger partial charge >= 0.3 is 0 Å². The van der Waals surface area contributed by atoms with Gasteiger partial charge in [-0.05, 0) is 36.4 Å². The number of amides is 1. The second-order valence-electron chi connectivity index (χ2n) is 7.74. The number of benzene rings is 1. The predicted molar refractivity (Wildman–Crippen MR) is 108 cm³/mol. The molecule has 0 radical (unpaired) electrons. The van der Waals surface area contributed by atoms with Gasteiger partial charge < -0.3 is 10.1 Å². The van der Waals surface area contributed by atoms with Crippen LogP contribution in [-0.4, -0.2) is 58.6 Å². The van der Waals surface area contributed by atoms with E-state index in [1.807, 2.05) is 0 Å². The van der Waals surface area contributed by atoms with Crippen molar-refractivity contribution in [3.63, 3.8) is 0 Å². The maximum absolute atomic E-state index is 12.1. The molecule has 1 saturated heterocycles. The van der Waals surface area contributed by atoms with E-state index >= 15 is 0 Å². The Labute approximate surface area is 167 Å². The average Bonchev–Trinajstić information content (AvgIpc) is 3.33. The first-order valence-corrected chi connectivity index (χ1v) is 10.1. The Morgan fingerprint density at radius 3 is 2.82 bits per heavy atom. The van der Waals surface area contributed by atoms with Crippen molar-refractivity contribution in [1.29, 1.82) is 0 Å². The molecule has 1 aromatic heterocycles. The van der Waals surface area contributed by atoms with E-state index in [1.54, 1.807) is 18.0 Å². The van der Waals surface area contributed by atoms with Crippen LogP contribution in [-0.2, 0) is 17.8 Å². The van der Waals surface area contributed by atoms with Gasteiger partial charge in [0.05, 0.1) is 19.3 Å². The molecule has 3 rings (SSSR count). The summed E-state index contributed by atoms with van der Waals surface area (Å²) in [5, 5.41) is 10.9. The van der Waals surface area contributed by atoms with E-state index in [-0.39, 0.29) is 5.91 Å². The highest BCUT2D eigenvalue weighted by atomic mass is 16.5. The number of aromatic nitrogens is 3. The number of ether oxygens (including phenoxy) is 1. The molecule has 0 bridgehead atoms. The maximum atomic E-state index is 12.1. The number of carbonyl (C=O) groups is 1. The summed E-state index contributed by atoms with van der Waals surface area (Å²) in [6.45, 7) is 8.18. The molecule has 1 atom stereocenters. The zero-order valence-corrected chi connectivity index (χ0v) is 17.1. The van der Waals surface area contributed by atoms with E-state index in [9.17, 15) is 4.79 Å². The van der Waals surface area contributed by atoms with Gasteiger partial charge in [0.15, 0.2) is 5.69 Å². The van der Waals surface area contributed by atoms with Gasteiger partial charge in [0.1, 0.15) is 0 Å². The van der Waals surface area contributed by atoms with Crippen molar-refractivity contribution in [3.05, 3.63) is 47.3 Å². The van der Waals surface area contributed by atoms with E-state index < -0.39 is 0 Å². The van der Waals surface area contributed by atoms with E-state index in [0.717, 1.165) is 26.1 Å². The molecule has 0 saturated carbocycles. The first-order chi connectivity index (χ1) is 13.6. The van der Waals surface area contributed by atoms with Gasteiger partial charge in [0, 0.05) is 26.2 Å². The smallest absolute Gasteiger partial charge is 0.273 e. The quantitative estimate of drug-likeness (QED) is 0.671. The van der Waals surface area contributed by atoms with Crippen LogP contribution in [0, 0.1) is 0 Å². The van der Waals surface area contributed by atoms with Crippen LogP contribution in [0.25, 0.3) is 0 Å². The number of hydrogen-bond acceptors (Lipinski definition) is 5. The van der Waals surface area contributed by atoms with E-state index in [1.165, 1.54) is 17.5 Å². The molecule has 2 heterocycles. The number of hydrogen-bond donors (Lipinski definition) is 1. The third kappa shape index (κ3) is 5.39. The van der Waals surface area contributed by atoms with Crippen LogP contribution in [0.3, 0.4) is 0 Å². The van der Waals surface area contributed by atoms with E-state index in [4.69, 9.17) is 4.74 Å². The minimum absolute atomic E-state index is 0.211. The summed E-state index contributed by atoms with van der Waals surface area (Å²) in [6.07, 6.45) is 4.06. The Kier molecular flexibility index (Phi) is 7.17. The summed E-state index contributed by atoms with van der Waals surface area (Å²) < 4.78 is 6.73. The normalized spacial score (nSPS) is 17.4. The summed E-state index contributed by atoms with van der Waals surface area (Å²) in [6, 6.07) is 9.36. The fourth-order valence-corrected chi connectivity index (χ4v) is 3.62. The number of likely N-dealkylation sites (tertiary alicyclic amines) is 1. The van der Waals surface area contributed by atoms with Crippen LogP contribution in [0.2, 0.25) is 0 Å². The van der Waals surface area contributed by atoms with Crippen LogP contribution < -0.4 is 5.32 Å². The van der Waals surface area contributed by atoms with Crippen molar-refractivity contribution < 1.29 is 9.53 Å². The summed E-state index contributed by atoms with van der Waals surface area (Å²) >= 11 is 0. The molecule has 1 aromatic carbocycles. The van der Waals surface area contributed by atoms with Gasteiger partial charge in [0.25, 0.3) is 5.91 Å². The molecule has 7 heteroatoms. The minimum Gasteiger partial charge on any atom is -0.383 e. The molecule has 1 amide bonds. The Hall–Kier alpha value is -2.25. The zero-order valence-electron chi connectivity index (χ0n) is 17.1. The van der Waals surface area contributed by atoms with Crippen molar-refractivity contribution in [1.82, 2.24) is 25.2 Å². The van der Waals surface area contributed by atoms with Crippen molar-refractivity contribution in [2.75, 3.05) is 26.8 Å². The van der Waals surface area contributed by atoms with Crippen LogP contribution in [0.1, 0.15) is 54.2 Å². The fourth-order valence-electron chi connectivity index (χ4n) is 3.62. The van der Waals surface area contributed by atoms with Gasteiger partial charge in [-0.15, -0.1) is 5.10 Å². The van der Waals surface area contributed by atoms with Crippen LogP contribution >= 0.6 is 0 Å². The van der Waals surface area contributed by atoms with Crippen LogP contribution in [0.15, 0.2) is 30.5 Å². The Morgan fingerprint density at radius 2 is 2.11 bits per heavy atom. The number of methoxy groups -OCH3 is 1. The molecule has 1 aliphatic heterocycles. The summed E-state index contributed by atoms with van der Waals surface area (Å²) in [7, 11) is 1.61. The molecule has 1 aliphatic rings. The highest BCUT2D eigenvalue weighted by Gasteiger charge is 2.25. The second-order valence-corrected chi connectivity index (χ2v) is 7.74. The predicted octanol–water partition coefficient (Wildman–Crippen LogP) is 2.44. The van der Waals surface area contributed by atoms with Crippen molar-refractivity contribution >= 4 is 5.91 Å². The molecular weight excluding hydrogens is 354 g/mol. The maximum Gasteiger partial charge on any atom is 0.273 e. The number of nitrogens with zero attached hydrogens (tertiary/aromatic N) is 4. The Bertz CT molecular complexity index is 756. The molecule has 152 valence electrons. The molecule has 7 nitrogen and oxygen atoms in total. The molecular formula is C21H31N5O2. The Balaban J connectivity index is 1.55. The fraction of sp³-hybridized carbons (Fsp3) is 0.571. The summed E-state index contributed by atoms with van der Waals surface area (Å²) in [5.41, 5.74) is 3.07. The van der Waals surface area contributed by atoms with Crippen molar-refractivity contribution in [2.45, 2.75) is 51.7 Å². The number of carbonyl (C=O) groups excluding carboxylic acids is 1. The lowest BCUT2D eigenvalue weighted by Gasteiger charge is -2.24. The molecule has 1 N–H and O–H groups in total. The molecule has 1 fully saturated rings. The molecule has 0 spiro atoms. The standard InChI is InChI=1S/C21H31N5O2/c1-16(2)18-8-6-17(7-9-18)13-25-11-4-5-19(25)14-26-15-20(23-24-26)21(27)22-10-12-28-3/h6-9,15-16,19H,4-5,10-14H2,1-3H3,(H,22,27). The lowest BCUT2D eigenvalue weighted by Crippen LogP contribution is -2.32. The lowest BCUT2D eigenvalue weighted by atomic mass is 10.0. The first kappa shape index (κ1) is 20.5. The van der Waals surface area contributed by atoms with Gasteiger partial charge in [-0.3, -0.25) is 14.4 Å². The number of nitrogens with one attached hydrogen (secondary N) is 1. The highest BCUT2D eigenvalue weighted by molar-refractivity contribution is 5.91. The largest absolute Gasteiger partial charge is 0.383 e. The van der Waals surface area contributed by atoms with Gasteiger partial charge in [0.2, 0.25) is 0 Å². The second kappa shape index (κ2) is 9.80. The number of rotatable bonds is 9. The zero-order chi connectivity index (χ0) is 19.9.